The molecule has 0 fully saturated rings. The first kappa shape index (κ1) is 15.0. The molecular formula is C12H15BrN2O2S. The SMILES string of the molecule is CC(C)(CNc1cc(Br)ccc1C#N)S(C)(=O)=O. The van der Waals surface area contributed by atoms with E-state index in [9.17, 15) is 8.42 Å². The van der Waals surface area contributed by atoms with E-state index in [1.165, 1.54) is 6.26 Å². The lowest BCUT2D eigenvalue weighted by molar-refractivity contribution is 0.560. The van der Waals surface area contributed by atoms with Gasteiger partial charge >= 0.3 is 0 Å². The molecule has 0 radical (unpaired) electrons. The van der Waals surface area contributed by atoms with Gasteiger partial charge in [0.1, 0.15) is 6.07 Å². The molecule has 0 aliphatic carbocycles. The predicted octanol–water partition coefficient (Wildman–Crippen LogP) is 2.56. The van der Waals surface area contributed by atoms with E-state index in [1.54, 1.807) is 32.0 Å². The van der Waals surface area contributed by atoms with Crippen molar-refractivity contribution in [1.82, 2.24) is 0 Å². The zero-order chi connectivity index (χ0) is 14.0. The van der Waals surface area contributed by atoms with Gasteiger partial charge in [-0.2, -0.15) is 5.26 Å². The minimum Gasteiger partial charge on any atom is -0.382 e. The predicted molar refractivity (Wildman–Crippen MR) is 76.3 cm³/mol. The number of nitrogens with zero attached hydrogens (tertiary/aromatic N) is 1. The number of sulfone groups is 1. The fourth-order valence-electron chi connectivity index (χ4n) is 1.20. The van der Waals surface area contributed by atoms with Crippen LogP contribution in [0.1, 0.15) is 19.4 Å². The smallest absolute Gasteiger partial charge is 0.154 e. The van der Waals surface area contributed by atoms with Gasteiger partial charge in [0.2, 0.25) is 0 Å². The summed E-state index contributed by atoms with van der Waals surface area (Å²) in [5.74, 6) is 0. The number of halogens is 1. The maximum atomic E-state index is 11.6. The van der Waals surface area contributed by atoms with E-state index < -0.39 is 14.6 Å². The highest BCUT2D eigenvalue weighted by Gasteiger charge is 2.30. The lowest BCUT2D eigenvalue weighted by Gasteiger charge is -2.23. The maximum Gasteiger partial charge on any atom is 0.154 e. The third-order valence-electron chi connectivity index (χ3n) is 2.81. The van der Waals surface area contributed by atoms with Gasteiger partial charge in [0.15, 0.2) is 9.84 Å². The molecule has 0 aromatic heterocycles. The maximum absolute atomic E-state index is 11.6. The summed E-state index contributed by atoms with van der Waals surface area (Å²) in [5, 5.41) is 12.0. The van der Waals surface area contributed by atoms with E-state index in [1.807, 2.05) is 0 Å². The van der Waals surface area contributed by atoms with Crippen molar-refractivity contribution < 1.29 is 8.42 Å². The molecule has 1 N–H and O–H groups in total. The van der Waals surface area contributed by atoms with Crippen LogP contribution in [0.4, 0.5) is 5.69 Å². The summed E-state index contributed by atoms with van der Waals surface area (Å²) in [6.45, 7) is 3.55. The zero-order valence-corrected chi connectivity index (χ0v) is 12.9. The lowest BCUT2D eigenvalue weighted by atomic mass is 10.1. The molecule has 1 aromatic rings. The fraction of sp³-hybridized carbons (Fsp3) is 0.417. The summed E-state index contributed by atoms with van der Waals surface area (Å²) >= 11 is 3.32. The number of benzene rings is 1. The molecule has 0 saturated heterocycles. The minimum absolute atomic E-state index is 0.247. The van der Waals surface area contributed by atoms with Gasteiger partial charge in [0.25, 0.3) is 0 Å². The molecule has 0 bridgehead atoms. The van der Waals surface area contributed by atoms with Crippen molar-refractivity contribution in [2.24, 2.45) is 0 Å². The summed E-state index contributed by atoms with van der Waals surface area (Å²) in [5.41, 5.74) is 1.12. The van der Waals surface area contributed by atoms with Crippen LogP contribution < -0.4 is 5.32 Å². The van der Waals surface area contributed by atoms with Gasteiger partial charge in [-0.3, -0.25) is 0 Å². The Morgan fingerprint density at radius 2 is 2.06 bits per heavy atom. The van der Waals surface area contributed by atoms with Crippen LogP contribution in [0, 0.1) is 11.3 Å². The van der Waals surface area contributed by atoms with Crippen LogP contribution in [0.5, 0.6) is 0 Å². The van der Waals surface area contributed by atoms with Gasteiger partial charge in [0.05, 0.1) is 16.0 Å². The molecule has 0 atom stereocenters. The van der Waals surface area contributed by atoms with E-state index in [2.05, 4.69) is 27.3 Å². The van der Waals surface area contributed by atoms with Crippen LogP contribution in [0.15, 0.2) is 22.7 Å². The normalized spacial score (nSPS) is 11.9. The minimum atomic E-state index is -3.16. The van der Waals surface area contributed by atoms with E-state index in [0.29, 0.717) is 11.3 Å². The Kier molecular flexibility index (Phi) is 4.41. The highest BCUT2D eigenvalue weighted by molar-refractivity contribution is 9.10. The summed E-state index contributed by atoms with van der Waals surface area (Å²) in [6, 6.07) is 7.28. The van der Waals surface area contributed by atoms with Gasteiger partial charge < -0.3 is 5.32 Å². The van der Waals surface area contributed by atoms with Crippen LogP contribution in [0.2, 0.25) is 0 Å². The van der Waals surface area contributed by atoms with Gasteiger partial charge in [-0.1, -0.05) is 15.9 Å². The second-order valence-corrected chi connectivity index (χ2v) is 8.25. The fourth-order valence-corrected chi connectivity index (χ4v) is 1.89. The van der Waals surface area contributed by atoms with Crippen molar-refractivity contribution in [1.29, 1.82) is 5.26 Å². The topological polar surface area (TPSA) is 70.0 Å². The number of hydrogen-bond donors (Lipinski definition) is 1. The van der Waals surface area contributed by atoms with Gasteiger partial charge in [-0.15, -0.1) is 0 Å². The van der Waals surface area contributed by atoms with Crippen LogP contribution in [0.25, 0.3) is 0 Å². The Balaban J connectivity index is 2.95. The number of nitriles is 1. The second-order valence-electron chi connectivity index (χ2n) is 4.69. The standard InChI is InChI=1S/C12H15BrN2O2S/c1-12(2,18(3,16)17)8-15-11-6-10(13)5-4-9(11)7-14/h4-6,15H,8H2,1-3H3. The first-order chi connectivity index (χ1) is 8.17. The van der Waals surface area contributed by atoms with Crippen molar-refractivity contribution in [2.75, 3.05) is 18.1 Å². The quantitative estimate of drug-likeness (QED) is 0.920. The third kappa shape index (κ3) is 3.47. The van der Waals surface area contributed by atoms with Gasteiger partial charge in [0, 0.05) is 17.3 Å². The summed E-state index contributed by atoms with van der Waals surface area (Å²) in [7, 11) is -3.16. The number of hydrogen-bond acceptors (Lipinski definition) is 4. The van der Waals surface area contributed by atoms with Crippen molar-refractivity contribution in [2.45, 2.75) is 18.6 Å². The highest BCUT2D eigenvalue weighted by Crippen LogP contribution is 2.23. The number of nitrogens with one attached hydrogen (secondary N) is 1. The average Bonchev–Trinajstić information content (AvgIpc) is 2.25. The van der Waals surface area contributed by atoms with Crippen molar-refractivity contribution >= 4 is 31.5 Å². The van der Waals surface area contributed by atoms with Crippen molar-refractivity contribution in [3.05, 3.63) is 28.2 Å². The molecule has 98 valence electrons. The van der Waals surface area contributed by atoms with Crippen LogP contribution in [0.3, 0.4) is 0 Å². The Morgan fingerprint density at radius 1 is 1.44 bits per heavy atom. The third-order valence-corrected chi connectivity index (χ3v) is 5.46. The van der Waals surface area contributed by atoms with E-state index in [4.69, 9.17) is 5.26 Å². The zero-order valence-electron chi connectivity index (χ0n) is 10.5. The molecule has 18 heavy (non-hydrogen) atoms. The van der Waals surface area contributed by atoms with Crippen molar-refractivity contribution in [3.8, 4) is 6.07 Å². The van der Waals surface area contributed by atoms with E-state index in [-0.39, 0.29) is 6.54 Å². The Hall–Kier alpha value is -1.06. The van der Waals surface area contributed by atoms with Crippen molar-refractivity contribution in [3.63, 3.8) is 0 Å². The van der Waals surface area contributed by atoms with Crippen LogP contribution >= 0.6 is 15.9 Å². The molecule has 0 aliphatic heterocycles. The lowest BCUT2D eigenvalue weighted by Crippen LogP contribution is -2.38. The monoisotopic (exact) mass is 330 g/mol. The molecule has 6 heteroatoms. The molecule has 0 saturated carbocycles. The summed E-state index contributed by atoms with van der Waals surface area (Å²) in [4.78, 5) is 0. The van der Waals surface area contributed by atoms with Crippen LogP contribution in [-0.4, -0.2) is 26.0 Å². The second kappa shape index (κ2) is 5.29. The van der Waals surface area contributed by atoms with Gasteiger partial charge in [-0.05, 0) is 32.0 Å². The molecule has 4 nitrogen and oxygen atoms in total. The Labute approximate surface area is 116 Å². The summed E-state index contributed by atoms with van der Waals surface area (Å²) < 4.78 is 23.1. The first-order valence-electron chi connectivity index (χ1n) is 5.30. The average molecular weight is 331 g/mol. The highest BCUT2D eigenvalue weighted by atomic mass is 79.9. The largest absolute Gasteiger partial charge is 0.382 e. The summed E-state index contributed by atoms with van der Waals surface area (Å²) in [6.07, 6.45) is 1.21. The van der Waals surface area contributed by atoms with Gasteiger partial charge in [-0.25, -0.2) is 8.42 Å². The molecule has 0 amide bonds. The Bertz CT molecular complexity index is 589. The van der Waals surface area contributed by atoms with Crippen LogP contribution in [-0.2, 0) is 9.84 Å². The molecule has 0 heterocycles. The first-order valence-corrected chi connectivity index (χ1v) is 7.99. The van der Waals surface area contributed by atoms with E-state index in [0.717, 1.165) is 4.47 Å². The Morgan fingerprint density at radius 3 is 2.56 bits per heavy atom. The molecule has 0 spiro atoms. The molecule has 0 aliphatic rings. The number of anilines is 1. The molecule has 1 rings (SSSR count). The number of rotatable bonds is 4. The molecule has 0 unspecified atom stereocenters. The molecule has 1 aromatic carbocycles. The molecular weight excluding hydrogens is 316 g/mol. The van der Waals surface area contributed by atoms with E-state index >= 15 is 0 Å².